The second-order valence-electron chi connectivity index (χ2n) is 3.23. The van der Waals surface area contributed by atoms with Gasteiger partial charge in [0.2, 0.25) is 0 Å². The van der Waals surface area contributed by atoms with Gasteiger partial charge < -0.3 is 10.4 Å². The molecule has 2 N–H and O–H groups in total. The molecule has 1 saturated carbocycles. The van der Waals surface area contributed by atoms with Gasteiger partial charge in [-0.25, -0.2) is 0 Å². The summed E-state index contributed by atoms with van der Waals surface area (Å²) < 4.78 is 0. The maximum atomic E-state index is 10.5. The summed E-state index contributed by atoms with van der Waals surface area (Å²) >= 11 is 0. The van der Waals surface area contributed by atoms with Gasteiger partial charge in [0.25, 0.3) is 0 Å². The molecule has 1 aliphatic heterocycles. The maximum Gasteiger partial charge on any atom is 0.321 e. The third kappa shape index (κ3) is 0.814. The van der Waals surface area contributed by atoms with Gasteiger partial charge >= 0.3 is 5.97 Å². The van der Waals surface area contributed by atoms with Crippen LogP contribution in [0.1, 0.15) is 12.8 Å². The second kappa shape index (κ2) is 1.95. The van der Waals surface area contributed by atoms with Gasteiger partial charge in [0.05, 0.1) is 0 Å². The van der Waals surface area contributed by atoms with Gasteiger partial charge in [0, 0.05) is 12.5 Å². The fraction of sp³-hybridized carbons (Fsp3) is 0.857. The Hall–Kier alpha value is -0.570. The van der Waals surface area contributed by atoms with E-state index in [9.17, 15) is 4.79 Å². The molecule has 0 aromatic heterocycles. The number of aliphatic carboxylic acids is 1. The first-order chi connectivity index (χ1) is 4.79. The molecule has 2 atom stereocenters. The highest BCUT2D eigenvalue weighted by Crippen LogP contribution is 2.41. The zero-order chi connectivity index (χ0) is 7.14. The van der Waals surface area contributed by atoms with Crippen LogP contribution in [0.4, 0.5) is 0 Å². The van der Waals surface area contributed by atoms with Gasteiger partial charge in [-0.3, -0.25) is 4.79 Å². The molecule has 1 heterocycles. The molecule has 0 aromatic carbocycles. The summed E-state index contributed by atoms with van der Waals surface area (Å²) in [5.41, 5.74) is 0. The molecule has 0 aromatic rings. The zero-order valence-electron chi connectivity index (χ0n) is 5.71. The largest absolute Gasteiger partial charge is 0.480 e. The molecule has 3 heteroatoms. The van der Waals surface area contributed by atoms with Crippen LogP contribution in [0.15, 0.2) is 0 Å². The van der Waals surface area contributed by atoms with Crippen molar-refractivity contribution >= 4 is 5.97 Å². The normalized spacial score (nSPS) is 38.8. The summed E-state index contributed by atoms with van der Waals surface area (Å²) in [6.45, 7) is 0.918. The molecule has 0 amide bonds. The SMILES string of the molecule is O=C(O)[C@@H]1NC[C@H]1C1CC1. The lowest BCUT2D eigenvalue weighted by atomic mass is 9.87. The lowest BCUT2D eigenvalue weighted by Gasteiger charge is -2.34. The molecule has 3 nitrogen and oxygen atoms in total. The number of nitrogens with one attached hydrogen (secondary N) is 1. The Balaban J connectivity index is 1.92. The summed E-state index contributed by atoms with van der Waals surface area (Å²) in [6, 6.07) is -0.229. The average Bonchev–Trinajstić information content (AvgIpc) is 2.43. The summed E-state index contributed by atoms with van der Waals surface area (Å²) in [5.74, 6) is 0.489. The van der Waals surface area contributed by atoms with E-state index in [-0.39, 0.29) is 6.04 Å². The summed E-state index contributed by atoms with van der Waals surface area (Å²) in [4.78, 5) is 10.5. The van der Waals surface area contributed by atoms with Crippen molar-refractivity contribution in [2.45, 2.75) is 18.9 Å². The summed E-state index contributed by atoms with van der Waals surface area (Å²) in [7, 11) is 0. The zero-order valence-corrected chi connectivity index (χ0v) is 5.71. The minimum absolute atomic E-state index is 0.229. The number of carboxylic acids is 1. The lowest BCUT2D eigenvalue weighted by Crippen LogP contribution is -2.58. The van der Waals surface area contributed by atoms with Crippen LogP contribution in [0.25, 0.3) is 0 Å². The minimum atomic E-state index is -0.678. The standard InChI is InChI=1S/C7H11NO2/c9-7(10)6-5(3-8-6)4-1-2-4/h4-6,8H,1-3H2,(H,9,10)/t5-,6+/m0/s1. The number of rotatable bonds is 2. The van der Waals surface area contributed by atoms with E-state index >= 15 is 0 Å². The Kier molecular flexibility index (Phi) is 1.20. The molecular weight excluding hydrogens is 130 g/mol. The van der Waals surface area contributed by atoms with Crippen LogP contribution >= 0.6 is 0 Å². The van der Waals surface area contributed by atoms with Crippen molar-refractivity contribution < 1.29 is 9.90 Å². The second-order valence-corrected chi connectivity index (χ2v) is 3.23. The minimum Gasteiger partial charge on any atom is -0.480 e. The highest BCUT2D eigenvalue weighted by molar-refractivity contribution is 5.75. The van der Waals surface area contributed by atoms with Gasteiger partial charge in [-0.15, -0.1) is 0 Å². The molecular formula is C7H11NO2. The van der Waals surface area contributed by atoms with Crippen LogP contribution in [0, 0.1) is 11.8 Å². The predicted molar refractivity (Wildman–Crippen MR) is 35.6 cm³/mol. The van der Waals surface area contributed by atoms with Crippen molar-refractivity contribution in [3.63, 3.8) is 0 Å². The monoisotopic (exact) mass is 141 g/mol. The Morgan fingerprint density at radius 3 is 2.50 bits per heavy atom. The van der Waals surface area contributed by atoms with E-state index < -0.39 is 5.97 Å². The third-order valence-corrected chi connectivity index (χ3v) is 2.50. The Morgan fingerprint density at radius 2 is 2.20 bits per heavy atom. The molecule has 1 aliphatic carbocycles. The number of hydrogen-bond donors (Lipinski definition) is 2. The molecule has 1 saturated heterocycles. The van der Waals surface area contributed by atoms with E-state index in [1.165, 1.54) is 12.8 Å². The first-order valence-corrected chi connectivity index (χ1v) is 3.75. The van der Waals surface area contributed by atoms with E-state index in [0.29, 0.717) is 5.92 Å². The first kappa shape index (κ1) is 6.16. The van der Waals surface area contributed by atoms with Gasteiger partial charge in [-0.1, -0.05) is 0 Å². The Morgan fingerprint density at radius 1 is 1.50 bits per heavy atom. The van der Waals surface area contributed by atoms with Gasteiger partial charge in [0.15, 0.2) is 0 Å². The lowest BCUT2D eigenvalue weighted by molar-refractivity contribution is -0.144. The van der Waals surface area contributed by atoms with Crippen LogP contribution in [0.3, 0.4) is 0 Å². The maximum absolute atomic E-state index is 10.5. The molecule has 10 heavy (non-hydrogen) atoms. The highest BCUT2D eigenvalue weighted by Gasteiger charge is 2.45. The van der Waals surface area contributed by atoms with E-state index in [2.05, 4.69) is 5.32 Å². The molecule has 2 rings (SSSR count). The smallest absolute Gasteiger partial charge is 0.321 e. The van der Waals surface area contributed by atoms with Crippen molar-refractivity contribution in [1.82, 2.24) is 5.32 Å². The summed E-state index contributed by atoms with van der Waals surface area (Å²) in [5, 5.41) is 11.5. The Labute approximate surface area is 59.4 Å². The molecule has 0 spiro atoms. The summed E-state index contributed by atoms with van der Waals surface area (Å²) in [6.07, 6.45) is 2.49. The molecule has 2 fully saturated rings. The fourth-order valence-corrected chi connectivity index (χ4v) is 1.61. The van der Waals surface area contributed by atoms with Gasteiger partial charge in [0.1, 0.15) is 6.04 Å². The molecule has 2 aliphatic rings. The molecule has 56 valence electrons. The van der Waals surface area contributed by atoms with Crippen LogP contribution in [0.2, 0.25) is 0 Å². The van der Waals surface area contributed by atoms with Crippen molar-refractivity contribution in [2.24, 2.45) is 11.8 Å². The van der Waals surface area contributed by atoms with Crippen molar-refractivity contribution in [2.75, 3.05) is 6.54 Å². The average molecular weight is 141 g/mol. The van der Waals surface area contributed by atoms with Crippen LogP contribution in [-0.2, 0) is 4.79 Å². The quantitative estimate of drug-likeness (QED) is 0.572. The number of hydrogen-bond acceptors (Lipinski definition) is 2. The molecule has 0 unspecified atom stereocenters. The first-order valence-electron chi connectivity index (χ1n) is 3.75. The van der Waals surface area contributed by atoms with E-state index in [4.69, 9.17) is 5.11 Å². The highest BCUT2D eigenvalue weighted by atomic mass is 16.4. The van der Waals surface area contributed by atoms with Crippen LogP contribution in [0.5, 0.6) is 0 Å². The third-order valence-electron chi connectivity index (χ3n) is 2.50. The van der Waals surface area contributed by atoms with E-state index in [0.717, 1.165) is 12.5 Å². The molecule has 0 radical (unpaired) electrons. The number of carbonyl (C=O) groups is 1. The van der Waals surface area contributed by atoms with E-state index in [1.807, 2.05) is 0 Å². The topological polar surface area (TPSA) is 49.3 Å². The van der Waals surface area contributed by atoms with Crippen LogP contribution in [-0.4, -0.2) is 23.7 Å². The van der Waals surface area contributed by atoms with Crippen molar-refractivity contribution in [1.29, 1.82) is 0 Å². The van der Waals surface area contributed by atoms with Crippen molar-refractivity contribution in [3.8, 4) is 0 Å². The van der Waals surface area contributed by atoms with Gasteiger partial charge in [-0.05, 0) is 18.8 Å². The fourth-order valence-electron chi connectivity index (χ4n) is 1.61. The van der Waals surface area contributed by atoms with Crippen molar-refractivity contribution in [3.05, 3.63) is 0 Å². The predicted octanol–water partition coefficient (Wildman–Crippen LogP) is 0.0690. The van der Waals surface area contributed by atoms with Crippen LogP contribution < -0.4 is 5.32 Å². The van der Waals surface area contributed by atoms with Gasteiger partial charge in [-0.2, -0.15) is 0 Å². The number of carboxylic acid groups (broad SMARTS) is 1. The molecule has 0 bridgehead atoms. The Bertz CT molecular complexity index is 165. The van der Waals surface area contributed by atoms with E-state index in [1.54, 1.807) is 0 Å².